The number of ether oxygens (including phenoxy) is 1. The van der Waals surface area contributed by atoms with E-state index in [1.807, 2.05) is 0 Å². The van der Waals surface area contributed by atoms with E-state index in [0.29, 0.717) is 38.6 Å². The highest BCUT2D eigenvalue weighted by Gasteiger charge is 2.39. The number of rotatable bonds is 9. The molecule has 0 saturated heterocycles. The van der Waals surface area contributed by atoms with Gasteiger partial charge in [0.15, 0.2) is 0 Å². The van der Waals surface area contributed by atoms with E-state index in [-0.39, 0.29) is 0 Å². The van der Waals surface area contributed by atoms with Crippen LogP contribution in [0.3, 0.4) is 0 Å². The number of aliphatic imine (C=N–C) groups is 1. The maximum atomic E-state index is 11.9. The molecule has 0 spiro atoms. The highest BCUT2D eigenvalue weighted by Crippen LogP contribution is 2.28. The van der Waals surface area contributed by atoms with Gasteiger partial charge in [0.2, 0.25) is 12.0 Å². The minimum absolute atomic E-state index is 0.318. The summed E-state index contributed by atoms with van der Waals surface area (Å²) in [5.41, 5.74) is 10.1. The van der Waals surface area contributed by atoms with Crippen LogP contribution in [0.25, 0.3) is 0 Å². The monoisotopic (exact) mass is 340 g/mol. The number of amides is 1. The first-order valence-electron chi connectivity index (χ1n) is 8.01. The van der Waals surface area contributed by atoms with Crippen LogP contribution < -0.4 is 16.8 Å². The van der Waals surface area contributed by atoms with Crippen molar-refractivity contribution in [1.82, 2.24) is 5.32 Å². The second-order valence-electron chi connectivity index (χ2n) is 5.86. The van der Waals surface area contributed by atoms with Crippen molar-refractivity contribution in [1.29, 1.82) is 0 Å². The zero-order chi connectivity index (χ0) is 18.0. The molecule has 1 fully saturated rings. The number of nitrogens with one attached hydrogen (secondary N) is 1. The highest BCUT2D eigenvalue weighted by atomic mass is 16.6. The predicted octanol–water partition coefficient (Wildman–Crippen LogP) is -0.723. The summed E-state index contributed by atoms with van der Waals surface area (Å²) in [6, 6.07) is -0.937. The van der Waals surface area contributed by atoms with E-state index in [2.05, 4.69) is 15.0 Å². The van der Waals surface area contributed by atoms with Crippen LogP contribution in [0.15, 0.2) is 4.99 Å². The van der Waals surface area contributed by atoms with Crippen LogP contribution in [0, 0.1) is 0 Å². The Hall–Kier alpha value is -2.09. The Kier molecular flexibility index (Phi) is 8.25. The number of carbonyl (C=O) groups is 3. The SMILES string of the molecule is NCCCC[C@H](N=C=O)C(=O)NCC(=O)OC(=O)C1(N)CCCC1. The molecule has 1 atom stereocenters. The van der Waals surface area contributed by atoms with E-state index in [4.69, 9.17) is 11.5 Å². The topological polar surface area (TPSA) is 154 Å². The van der Waals surface area contributed by atoms with Gasteiger partial charge < -0.3 is 21.5 Å². The number of hydrogen-bond acceptors (Lipinski definition) is 8. The highest BCUT2D eigenvalue weighted by molar-refractivity contribution is 5.93. The Labute approximate surface area is 140 Å². The van der Waals surface area contributed by atoms with E-state index < -0.39 is 36.0 Å². The molecule has 1 rings (SSSR count). The summed E-state index contributed by atoms with van der Waals surface area (Å²) >= 11 is 0. The quantitative estimate of drug-likeness (QED) is 0.164. The van der Waals surface area contributed by atoms with Gasteiger partial charge in [-0.1, -0.05) is 12.8 Å². The van der Waals surface area contributed by atoms with Crippen LogP contribution >= 0.6 is 0 Å². The molecule has 0 bridgehead atoms. The van der Waals surface area contributed by atoms with Crippen molar-refractivity contribution in [3.05, 3.63) is 0 Å². The molecular formula is C15H24N4O5. The smallest absolute Gasteiger partial charge is 0.333 e. The lowest BCUT2D eigenvalue weighted by Crippen LogP contribution is -2.48. The molecule has 0 radical (unpaired) electrons. The Bertz CT molecular complexity index is 510. The number of hydrogen-bond donors (Lipinski definition) is 3. The van der Waals surface area contributed by atoms with Crippen LogP contribution in [-0.2, 0) is 23.9 Å². The van der Waals surface area contributed by atoms with Gasteiger partial charge in [-0.15, -0.1) is 0 Å². The Morgan fingerprint density at radius 3 is 2.50 bits per heavy atom. The molecule has 134 valence electrons. The van der Waals surface area contributed by atoms with Crippen molar-refractivity contribution < 1.29 is 23.9 Å². The van der Waals surface area contributed by atoms with Gasteiger partial charge in [-0.3, -0.25) is 4.79 Å². The van der Waals surface area contributed by atoms with Crippen molar-refractivity contribution in [2.75, 3.05) is 13.1 Å². The molecule has 0 aromatic carbocycles. The number of unbranched alkanes of at least 4 members (excludes halogenated alkanes) is 1. The van der Waals surface area contributed by atoms with Gasteiger partial charge in [-0.25, -0.2) is 14.4 Å². The number of esters is 2. The number of isocyanates is 1. The van der Waals surface area contributed by atoms with Crippen molar-refractivity contribution >= 4 is 23.9 Å². The molecule has 0 heterocycles. The van der Waals surface area contributed by atoms with E-state index in [1.54, 1.807) is 0 Å². The molecule has 5 N–H and O–H groups in total. The Balaban J connectivity index is 2.42. The van der Waals surface area contributed by atoms with Gasteiger partial charge >= 0.3 is 11.9 Å². The first-order valence-corrected chi connectivity index (χ1v) is 8.01. The Morgan fingerprint density at radius 2 is 1.92 bits per heavy atom. The average molecular weight is 340 g/mol. The fourth-order valence-electron chi connectivity index (χ4n) is 2.53. The minimum atomic E-state index is -1.12. The van der Waals surface area contributed by atoms with Gasteiger partial charge in [0.1, 0.15) is 18.1 Å². The maximum Gasteiger partial charge on any atom is 0.333 e. The molecule has 0 aromatic heterocycles. The summed E-state index contributed by atoms with van der Waals surface area (Å²) in [5, 5.41) is 2.29. The molecule has 1 saturated carbocycles. The molecule has 9 heteroatoms. The first kappa shape index (κ1) is 20.0. The van der Waals surface area contributed by atoms with Crippen molar-refractivity contribution in [3.8, 4) is 0 Å². The van der Waals surface area contributed by atoms with E-state index in [1.165, 1.54) is 6.08 Å². The Morgan fingerprint density at radius 1 is 1.25 bits per heavy atom. The zero-order valence-corrected chi connectivity index (χ0v) is 13.6. The number of nitrogens with two attached hydrogens (primary N) is 2. The fraction of sp³-hybridized carbons (Fsp3) is 0.733. The van der Waals surface area contributed by atoms with E-state index in [9.17, 15) is 19.2 Å². The lowest BCUT2D eigenvalue weighted by molar-refractivity contribution is -0.163. The predicted molar refractivity (Wildman–Crippen MR) is 84.3 cm³/mol. The summed E-state index contributed by atoms with van der Waals surface area (Å²) < 4.78 is 4.68. The molecule has 1 amide bonds. The third-order valence-electron chi connectivity index (χ3n) is 3.96. The lowest BCUT2D eigenvalue weighted by atomic mass is 10.00. The average Bonchev–Trinajstić information content (AvgIpc) is 3.00. The molecule has 0 aliphatic heterocycles. The standard InChI is InChI=1S/C15H24N4O5/c16-8-4-1-5-11(19-10-20)13(22)18-9-12(21)24-14(23)15(17)6-2-3-7-15/h11H,1-9,16-17H2,(H,18,22)/t11-/m0/s1. The summed E-state index contributed by atoms with van der Waals surface area (Å²) in [6.07, 6.45) is 5.52. The molecule has 0 unspecified atom stereocenters. The van der Waals surface area contributed by atoms with Gasteiger partial charge in [-0.2, -0.15) is 4.99 Å². The normalized spacial score (nSPS) is 16.8. The van der Waals surface area contributed by atoms with Crippen molar-refractivity contribution in [2.45, 2.75) is 56.5 Å². The number of carbonyl (C=O) groups excluding carboxylic acids is 4. The minimum Gasteiger partial charge on any atom is -0.390 e. The zero-order valence-electron chi connectivity index (χ0n) is 13.6. The summed E-state index contributed by atoms with van der Waals surface area (Å²) in [5.74, 6) is -2.28. The van der Waals surface area contributed by atoms with Crippen LogP contribution in [0.5, 0.6) is 0 Å². The molecule has 9 nitrogen and oxygen atoms in total. The lowest BCUT2D eigenvalue weighted by Gasteiger charge is -2.20. The van der Waals surface area contributed by atoms with Gasteiger partial charge in [-0.05, 0) is 38.6 Å². The second kappa shape index (κ2) is 9.92. The molecule has 0 aromatic rings. The van der Waals surface area contributed by atoms with Gasteiger partial charge in [0, 0.05) is 0 Å². The largest absolute Gasteiger partial charge is 0.390 e. The van der Waals surface area contributed by atoms with E-state index >= 15 is 0 Å². The molecule has 24 heavy (non-hydrogen) atoms. The third kappa shape index (κ3) is 6.19. The number of nitrogens with zero attached hydrogens (tertiary/aromatic N) is 1. The van der Waals surface area contributed by atoms with Crippen molar-refractivity contribution in [3.63, 3.8) is 0 Å². The van der Waals surface area contributed by atoms with Crippen molar-refractivity contribution in [2.24, 2.45) is 16.5 Å². The van der Waals surface area contributed by atoms with Crippen LogP contribution in [0.2, 0.25) is 0 Å². The fourth-order valence-corrected chi connectivity index (χ4v) is 2.53. The summed E-state index contributed by atoms with van der Waals surface area (Å²) in [7, 11) is 0. The molecule has 1 aliphatic carbocycles. The molecular weight excluding hydrogens is 316 g/mol. The summed E-state index contributed by atoms with van der Waals surface area (Å²) in [4.78, 5) is 49.2. The molecule has 1 aliphatic rings. The summed E-state index contributed by atoms with van der Waals surface area (Å²) in [6.45, 7) is -0.0309. The third-order valence-corrected chi connectivity index (χ3v) is 3.96. The van der Waals surface area contributed by atoms with Crippen LogP contribution in [-0.4, -0.2) is 48.6 Å². The van der Waals surface area contributed by atoms with Gasteiger partial charge in [0.05, 0.1) is 0 Å². The van der Waals surface area contributed by atoms with E-state index in [0.717, 1.165) is 12.8 Å². The first-order chi connectivity index (χ1) is 11.4. The second-order valence-corrected chi connectivity index (χ2v) is 5.86. The van der Waals surface area contributed by atoms with Crippen LogP contribution in [0.4, 0.5) is 0 Å². The maximum absolute atomic E-state index is 11.9. The van der Waals surface area contributed by atoms with Gasteiger partial charge in [0.25, 0.3) is 0 Å². The van der Waals surface area contributed by atoms with Crippen LogP contribution in [0.1, 0.15) is 44.9 Å².